The largest absolute Gasteiger partial charge is 0.255 e. The van der Waals surface area contributed by atoms with Crippen molar-refractivity contribution in [3.05, 3.63) is 47.5 Å². The van der Waals surface area contributed by atoms with Gasteiger partial charge in [-0.15, -0.1) is 0 Å². The monoisotopic (exact) mass is 218 g/mol. The van der Waals surface area contributed by atoms with Gasteiger partial charge in [-0.2, -0.15) is 0 Å². The molecule has 0 nitrogen and oxygen atoms in total. The highest BCUT2D eigenvalue weighted by molar-refractivity contribution is 5.86. The third-order valence-electron chi connectivity index (χ3n) is 3.44. The molecule has 0 radical (unpaired) electrons. The lowest BCUT2D eigenvalue weighted by Gasteiger charge is -2.08. The fourth-order valence-corrected chi connectivity index (χ4v) is 2.37. The van der Waals surface area contributed by atoms with Gasteiger partial charge in [0.2, 0.25) is 0 Å². The van der Waals surface area contributed by atoms with Crippen LogP contribution in [0.15, 0.2) is 36.4 Å². The molecule has 0 bridgehead atoms. The van der Waals surface area contributed by atoms with Crippen molar-refractivity contribution in [3.63, 3.8) is 0 Å². The average Bonchev–Trinajstić information content (AvgIpc) is 2.88. The van der Waals surface area contributed by atoms with Crippen LogP contribution >= 0.6 is 0 Å². The summed E-state index contributed by atoms with van der Waals surface area (Å²) in [5.74, 6) is -3.04. The minimum Gasteiger partial charge on any atom is -0.206 e. The number of aryl methyl sites for hydroxylation is 1. The number of fused-ring (bicyclic) bond motifs is 1. The van der Waals surface area contributed by atoms with Crippen LogP contribution in [0.1, 0.15) is 23.5 Å². The van der Waals surface area contributed by atoms with Crippen LogP contribution in [0.5, 0.6) is 0 Å². The fourth-order valence-electron chi connectivity index (χ4n) is 2.37. The number of rotatable bonds is 1. The normalized spacial score (nSPS) is 22.3. The number of hydrogen-bond acceptors (Lipinski definition) is 0. The number of halogens is 2. The van der Waals surface area contributed by atoms with E-state index in [-0.39, 0.29) is 6.42 Å². The van der Waals surface area contributed by atoms with E-state index in [1.54, 1.807) is 0 Å². The molecular formula is C14H12F2. The molecule has 0 aromatic heterocycles. The van der Waals surface area contributed by atoms with Crippen LogP contribution in [0.3, 0.4) is 0 Å². The minimum absolute atomic E-state index is 0.00613. The van der Waals surface area contributed by atoms with Gasteiger partial charge in [0, 0.05) is 6.42 Å². The first-order valence-electron chi connectivity index (χ1n) is 5.46. The maximum atomic E-state index is 13.1. The van der Waals surface area contributed by atoms with Gasteiger partial charge in [0.05, 0.1) is 5.92 Å². The Kier molecular flexibility index (Phi) is 1.85. The molecule has 0 saturated heterocycles. The van der Waals surface area contributed by atoms with E-state index in [9.17, 15) is 8.78 Å². The molecule has 0 heterocycles. The van der Waals surface area contributed by atoms with Gasteiger partial charge in [-0.1, -0.05) is 36.4 Å². The van der Waals surface area contributed by atoms with Crippen LogP contribution in [-0.2, 0) is 0 Å². The summed E-state index contributed by atoms with van der Waals surface area (Å²) in [6.45, 7) is 1.94. The minimum atomic E-state index is -2.48. The van der Waals surface area contributed by atoms with Crippen LogP contribution in [0.4, 0.5) is 8.78 Å². The molecule has 0 spiro atoms. The molecule has 3 rings (SSSR count). The second-order valence-electron chi connectivity index (χ2n) is 4.52. The third-order valence-corrected chi connectivity index (χ3v) is 3.44. The molecular weight excluding hydrogens is 206 g/mol. The summed E-state index contributed by atoms with van der Waals surface area (Å²) in [6, 6.07) is 11.7. The number of benzene rings is 2. The zero-order valence-electron chi connectivity index (χ0n) is 9.00. The standard InChI is InChI=1S/C14H12F2/c1-9-11-5-3-2-4-10(11)6-7-12(9)13-8-14(13,15)16/h2-7,13H,8H2,1H3. The highest BCUT2D eigenvalue weighted by atomic mass is 19.3. The lowest BCUT2D eigenvalue weighted by molar-refractivity contribution is 0.112. The summed E-state index contributed by atoms with van der Waals surface area (Å²) in [4.78, 5) is 0. The Morgan fingerprint density at radius 3 is 2.50 bits per heavy atom. The van der Waals surface area contributed by atoms with Crippen molar-refractivity contribution in [1.82, 2.24) is 0 Å². The van der Waals surface area contributed by atoms with E-state index in [1.165, 1.54) is 0 Å². The van der Waals surface area contributed by atoms with Crippen molar-refractivity contribution in [2.75, 3.05) is 0 Å². The summed E-state index contributed by atoms with van der Waals surface area (Å²) in [6.07, 6.45) is 0.00613. The highest BCUT2D eigenvalue weighted by Gasteiger charge is 2.57. The summed E-state index contributed by atoms with van der Waals surface area (Å²) in [5, 5.41) is 2.20. The van der Waals surface area contributed by atoms with Crippen molar-refractivity contribution in [1.29, 1.82) is 0 Å². The van der Waals surface area contributed by atoms with Gasteiger partial charge in [0.1, 0.15) is 0 Å². The van der Waals surface area contributed by atoms with Crippen molar-refractivity contribution in [2.24, 2.45) is 0 Å². The van der Waals surface area contributed by atoms with Crippen LogP contribution in [0.2, 0.25) is 0 Å². The smallest absolute Gasteiger partial charge is 0.206 e. The molecule has 16 heavy (non-hydrogen) atoms. The van der Waals surface area contributed by atoms with Gasteiger partial charge in [0.25, 0.3) is 5.92 Å². The molecule has 82 valence electrons. The highest BCUT2D eigenvalue weighted by Crippen LogP contribution is 2.56. The first-order valence-corrected chi connectivity index (χ1v) is 5.46. The molecule has 1 aliphatic carbocycles. The summed E-state index contributed by atoms with van der Waals surface area (Å²) >= 11 is 0. The van der Waals surface area contributed by atoms with Gasteiger partial charge in [0.15, 0.2) is 0 Å². The Hall–Kier alpha value is -1.44. The molecule has 1 fully saturated rings. The van der Waals surface area contributed by atoms with Gasteiger partial charge < -0.3 is 0 Å². The SMILES string of the molecule is Cc1c(C2CC2(F)F)ccc2ccccc12. The van der Waals surface area contributed by atoms with E-state index in [2.05, 4.69) is 0 Å². The molecule has 0 amide bonds. The average molecular weight is 218 g/mol. The van der Waals surface area contributed by atoms with Gasteiger partial charge in [-0.05, 0) is 28.8 Å². The number of alkyl halides is 2. The summed E-state index contributed by atoms with van der Waals surface area (Å²) in [5.41, 5.74) is 1.81. The van der Waals surface area contributed by atoms with E-state index >= 15 is 0 Å². The third kappa shape index (κ3) is 1.33. The molecule has 0 N–H and O–H groups in total. The van der Waals surface area contributed by atoms with E-state index in [0.717, 1.165) is 21.9 Å². The molecule has 1 aliphatic rings. The predicted molar refractivity (Wildman–Crippen MR) is 61.0 cm³/mol. The van der Waals surface area contributed by atoms with Crippen LogP contribution in [0, 0.1) is 6.92 Å². The quantitative estimate of drug-likeness (QED) is 0.670. The van der Waals surface area contributed by atoms with Crippen molar-refractivity contribution in [2.45, 2.75) is 25.2 Å². The lowest BCUT2D eigenvalue weighted by atomic mass is 9.97. The van der Waals surface area contributed by atoms with Crippen LogP contribution in [0.25, 0.3) is 10.8 Å². The fraction of sp³-hybridized carbons (Fsp3) is 0.286. The molecule has 2 aromatic rings. The molecule has 1 saturated carbocycles. The molecule has 0 aliphatic heterocycles. The van der Waals surface area contributed by atoms with Crippen LogP contribution < -0.4 is 0 Å². The zero-order chi connectivity index (χ0) is 11.3. The Morgan fingerprint density at radius 2 is 1.81 bits per heavy atom. The van der Waals surface area contributed by atoms with Crippen molar-refractivity contribution < 1.29 is 8.78 Å². The van der Waals surface area contributed by atoms with Crippen molar-refractivity contribution >= 4 is 10.8 Å². The molecule has 1 atom stereocenters. The molecule has 1 unspecified atom stereocenters. The Bertz CT molecular complexity index is 558. The number of hydrogen-bond donors (Lipinski definition) is 0. The zero-order valence-corrected chi connectivity index (χ0v) is 9.00. The van der Waals surface area contributed by atoms with Crippen molar-refractivity contribution in [3.8, 4) is 0 Å². The second-order valence-corrected chi connectivity index (χ2v) is 4.52. The lowest BCUT2D eigenvalue weighted by Crippen LogP contribution is -1.95. The van der Waals surface area contributed by atoms with Crippen LogP contribution in [-0.4, -0.2) is 5.92 Å². The Balaban J connectivity index is 2.18. The van der Waals surface area contributed by atoms with Gasteiger partial charge >= 0.3 is 0 Å². The summed E-state index contributed by atoms with van der Waals surface area (Å²) in [7, 11) is 0. The molecule has 2 aromatic carbocycles. The predicted octanol–water partition coefficient (Wildman–Crippen LogP) is 4.27. The summed E-state index contributed by atoms with van der Waals surface area (Å²) < 4.78 is 26.1. The molecule has 2 heteroatoms. The van der Waals surface area contributed by atoms with E-state index < -0.39 is 11.8 Å². The first kappa shape index (κ1) is 9.76. The van der Waals surface area contributed by atoms with Gasteiger partial charge in [-0.25, -0.2) is 8.78 Å². The second kappa shape index (κ2) is 3.03. The van der Waals surface area contributed by atoms with E-state index in [4.69, 9.17) is 0 Å². The van der Waals surface area contributed by atoms with E-state index in [0.29, 0.717) is 0 Å². The van der Waals surface area contributed by atoms with E-state index in [1.807, 2.05) is 43.3 Å². The maximum Gasteiger partial charge on any atom is 0.255 e. The first-order chi connectivity index (χ1) is 7.59. The van der Waals surface area contributed by atoms with Gasteiger partial charge in [-0.3, -0.25) is 0 Å². The Labute approximate surface area is 92.9 Å². The topological polar surface area (TPSA) is 0 Å². The maximum absolute atomic E-state index is 13.1. The Morgan fingerprint density at radius 1 is 1.12 bits per heavy atom.